The molecule has 2 heterocycles. The first kappa shape index (κ1) is 24.1. The average Bonchev–Trinajstić information content (AvgIpc) is 3.49. The van der Waals surface area contributed by atoms with Crippen molar-refractivity contribution < 1.29 is 34.4 Å². The Kier molecular flexibility index (Phi) is 4.80. The number of esters is 1. The lowest BCUT2D eigenvalue weighted by Crippen LogP contribution is -2.68. The number of rotatable bonds is 2. The van der Waals surface area contributed by atoms with Gasteiger partial charge in [0.15, 0.2) is 5.78 Å². The first-order chi connectivity index (χ1) is 16.2. The fraction of sp³-hybridized carbons (Fsp3) is 0.857. The summed E-state index contributed by atoms with van der Waals surface area (Å²) in [5.74, 6) is -0.785. The molecule has 0 spiro atoms. The zero-order valence-electron chi connectivity index (χ0n) is 21.5. The summed E-state index contributed by atoms with van der Waals surface area (Å²) in [6.07, 6.45) is 6.24. The smallest absolute Gasteiger partial charge is 0.311 e. The maximum atomic E-state index is 13.3. The van der Waals surface area contributed by atoms with E-state index in [1.165, 1.54) is 0 Å². The summed E-state index contributed by atoms with van der Waals surface area (Å²) in [7, 11) is 0. The number of hydrogen-bond donors (Lipinski definition) is 3. The van der Waals surface area contributed by atoms with Crippen molar-refractivity contribution in [3.63, 3.8) is 0 Å². The molecule has 0 amide bonds. The highest BCUT2D eigenvalue weighted by Crippen LogP contribution is 2.72. The van der Waals surface area contributed by atoms with Crippen LogP contribution in [0.15, 0.2) is 12.2 Å². The van der Waals surface area contributed by atoms with E-state index in [2.05, 4.69) is 6.92 Å². The van der Waals surface area contributed by atoms with Crippen LogP contribution in [0.1, 0.15) is 73.1 Å². The first-order valence-corrected chi connectivity index (χ1v) is 13.4. The van der Waals surface area contributed by atoms with Crippen molar-refractivity contribution >= 4 is 11.8 Å². The van der Waals surface area contributed by atoms with Crippen LogP contribution in [0.5, 0.6) is 0 Å². The average molecular weight is 489 g/mol. The van der Waals surface area contributed by atoms with Crippen molar-refractivity contribution in [1.82, 2.24) is 0 Å². The molecule has 3 saturated carbocycles. The number of carbonyl (C=O) groups is 2. The number of hydrogen-bond acceptors (Lipinski definition) is 7. The first-order valence-electron chi connectivity index (χ1n) is 13.4. The Balaban J connectivity index is 1.32. The number of aliphatic hydroxyl groups is 3. The Morgan fingerprint density at radius 3 is 2.49 bits per heavy atom. The van der Waals surface area contributed by atoms with Crippen molar-refractivity contribution in [2.45, 2.75) is 108 Å². The summed E-state index contributed by atoms with van der Waals surface area (Å²) in [4.78, 5) is 25.8. The van der Waals surface area contributed by atoms with Crippen molar-refractivity contribution in [3.8, 4) is 0 Å². The standard InChI is InChI=1S/C28H40O7/c1-14-23(30)34-19(13-25(14,3)31)27(5,32)17-9-8-15-20-16(10-12-24(15,17)2)26(4)18(29)7-6-11-28(26,33)22-21(20)35-22/h6-7,14-17,19-22,31-33H,8-13H2,1-5H3/t14-,15-,16-,17-,19+,20-,21-,22-,24-,25+,26-,27+,28-/m0/s1. The van der Waals surface area contributed by atoms with E-state index < -0.39 is 40.2 Å². The van der Waals surface area contributed by atoms with Crippen LogP contribution >= 0.6 is 0 Å². The number of allylic oxidation sites excluding steroid dienone is 1. The molecule has 2 aliphatic heterocycles. The van der Waals surface area contributed by atoms with Gasteiger partial charge in [-0.25, -0.2) is 0 Å². The Bertz CT molecular complexity index is 1000. The van der Waals surface area contributed by atoms with Crippen molar-refractivity contribution in [1.29, 1.82) is 0 Å². The summed E-state index contributed by atoms with van der Waals surface area (Å²) in [6.45, 7) is 9.28. The van der Waals surface area contributed by atoms with Crippen molar-refractivity contribution in [2.24, 2.45) is 40.4 Å². The minimum atomic E-state index is -1.29. The van der Waals surface area contributed by atoms with E-state index in [0.717, 1.165) is 25.7 Å². The number of fused-ring (bicyclic) bond motifs is 8. The highest BCUT2D eigenvalue weighted by molar-refractivity contribution is 5.97. The van der Waals surface area contributed by atoms with Gasteiger partial charge in [0.05, 0.1) is 23.0 Å². The van der Waals surface area contributed by atoms with Gasteiger partial charge in [0.1, 0.15) is 23.4 Å². The molecule has 0 aromatic heterocycles. The molecule has 7 nitrogen and oxygen atoms in total. The van der Waals surface area contributed by atoms with Crippen LogP contribution in [0, 0.1) is 40.4 Å². The quantitative estimate of drug-likeness (QED) is 0.404. The normalized spacial score (nSPS) is 58.4. The number of ether oxygens (including phenoxy) is 2. The predicted octanol–water partition coefficient (Wildman–Crippen LogP) is 2.55. The van der Waals surface area contributed by atoms with Crippen LogP contribution in [0.25, 0.3) is 0 Å². The van der Waals surface area contributed by atoms with Gasteiger partial charge in [-0.1, -0.05) is 13.0 Å². The highest BCUT2D eigenvalue weighted by Gasteiger charge is 2.78. The molecule has 3 N–H and O–H groups in total. The topological polar surface area (TPSA) is 117 Å². The van der Waals surface area contributed by atoms with Crippen molar-refractivity contribution in [3.05, 3.63) is 12.2 Å². The largest absolute Gasteiger partial charge is 0.459 e. The molecule has 7 heteroatoms. The van der Waals surface area contributed by atoms with E-state index in [9.17, 15) is 24.9 Å². The van der Waals surface area contributed by atoms with Gasteiger partial charge >= 0.3 is 5.97 Å². The summed E-state index contributed by atoms with van der Waals surface area (Å²) in [5.41, 5.74) is -4.75. The third kappa shape index (κ3) is 2.82. The zero-order valence-corrected chi connectivity index (χ0v) is 21.5. The Labute approximate surface area is 207 Å². The fourth-order valence-electron chi connectivity index (χ4n) is 9.59. The van der Waals surface area contributed by atoms with Crippen LogP contribution in [-0.2, 0) is 19.1 Å². The van der Waals surface area contributed by atoms with Gasteiger partial charge < -0.3 is 24.8 Å². The third-order valence-electron chi connectivity index (χ3n) is 12.1. The molecule has 4 aliphatic carbocycles. The SMILES string of the molecule is C[C@H]1C(=O)O[C@@H]([C@](C)(O)[C@H]2CC[C@H]3[C@@H]4[C@@H]5O[C@@H]5[C@@]5(O)CC=CC(=O)[C@]5(C)[C@H]4CC[C@]23C)C[C@@]1(C)O. The Morgan fingerprint density at radius 1 is 1.09 bits per heavy atom. The molecule has 0 aromatic rings. The van der Waals surface area contributed by atoms with E-state index >= 15 is 0 Å². The van der Waals surface area contributed by atoms with Gasteiger partial charge in [-0.2, -0.15) is 0 Å². The van der Waals surface area contributed by atoms with Crippen LogP contribution in [0.2, 0.25) is 0 Å². The summed E-state index contributed by atoms with van der Waals surface area (Å²) in [5, 5.41) is 34.5. The molecule has 0 unspecified atom stereocenters. The molecule has 5 fully saturated rings. The number of cyclic esters (lactones) is 1. The molecular formula is C28H40O7. The second-order valence-electron chi connectivity index (χ2n) is 13.5. The third-order valence-corrected chi connectivity index (χ3v) is 12.1. The summed E-state index contributed by atoms with van der Waals surface area (Å²) in [6, 6.07) is 0. The van der Waals surface area contributed by atoms with E-state index in [1.54, 1.807) is 32.9 Å². The minimum Gasteiger partial charge on any atom is -0.459 e. The molecule has 0 aromatic carbocycles. The molecule has 6 aliphatic rings. The van der Waals surface area contributed by atoms with Gasteiger partial charge in [0, 0.05) is 6.42 Å². The predicted molar refractivity (Wildman–Crippen MR) is 126 cm³/mol. The monoisotopic (exact) mass is 488 g/mol. The highest BCUT2D eigenvalue weighted by atomic mass is 16.6. The fourth-order valence-corrected chi connectivity index (χ4v) is 9.59. The van der Waals surface area contributed by atoms with Gasteiger partial charge in [0.25, 0.3) is 0 Å². The van der Waals surface area contributed by atoms with Gasteiger partial charge in [0.2, 0.25) is 0 Å². The van der Waals surface area contributed by atoms with E-state index in [1.807, 2.05) is 6.92 Å². The molecule has 0 bridgehead atoms. The van der Waals surface area contributed by atoms with Crippen LogP contribution in [0.3, 0.4) is 0 Å². The Hall–Kier alpha value is -1.28. The zero-order chi connectivity index (χ0) is 25.3. The number of carbonyl (C=O) groups excluding carboxylic acids is 2. The lowest BCUT2D eigenvalue weighted by molar-refractivity contribution is -0.221. The van der Waals surface area contributed by atoms with Crippen molar-refractivity contribution in [2.75, 3.05) is 0 Å². The second-order valence-corrected chi connectivity index (χ2v) is 13.5. The maximum absolute atomic E-state index is 13.3. The summed E-state index contributed by atoms with van der Waals surface area (Å²) >= 11 is 0. The van der Waals surface area contributed by atoms with Crippen LogP contribution < -0.4 is 0 Å². The van der Waals surface area contributed by atoms with E-state index in [0.29, 0.717) is 6.42 Å². The molecule has 6 rings (SSSR count). The van der Waals surface area contributed by atoms with Gasteiger partial charge in [-0.05, 0) is 95.0 Å². The number of epoxide rings is 1. The lowest BCUT2D eigenvalue weighted by Gasteiger charge is -2.60. The maximum Gasteiger partial charge on any atom is 0.311 e. The van der Waals surface area contributed by atoms with Gasteiger partial charge in [-0.15, -0.1) is 0 Å². The molecule has 2 saturated heterocycles. The second kappa shape index (κ2) is 6.97. The summed E-state index contributed by atoms with van der Waals surface area (Å²) < 4.78 is 11.9. The molecule has 0 radical (unpaired) electrons. The number of ketones is 1. The van der Waals surface area contributed by atoms with Crippen LogP contribution in [0.4, 0.5) is 0 Å². The molecule has 35 heavy (non-hydrogen) atoms. The van der Waals surface area contributed by atoms with E-state index in [-0.39, 0.29) is 53.5 Å². The van der Waals surface area contributed by atoms with Crippen LogP contribution in [-0.4, -0.2) is 62.2 Å². The molecule has 13 atom stereocenters. The van der Waals surface area contributed by atoms with Gasteiger partial charge in [-0.3, -0.25) is 9.59 Å². The Morgan fingerprint density at radius 2 is 1.80 bits per heavy atom. The lowest BCUT2D eigenvalue weighted by atomic mass is 9.43. The minimum absolute atomic E-state index is 0.00538. The molecular weight excluding hydrogens is 448 g/mol. The molecule has 194 valence electrons. The van der Waals surface area contributed by atoms with E-state index in [4.69, 9.17) is 9.47 Å².